The van der Waals surface area contributed by atoms with Crippen LogP contribution in [-0.4, -0.2) is 23.2 Å². The number of ether oxygens (including phenoxy) is 2. The third-order valence-electron chi connectivity index (χ3n) is 5.58. The molecule has 1 aliphatic heterocycles. The first-order valence-electron chi connectivity index (χ1n) is 9.05. The van der Waals surface area contributed by atoms with Crippen LogP contribution >= 0.6 is 0 Å². The first-order chi connectivity index (χ1) is 12.1. The van der Waals surface area contributed by atoms with Crippen LogP contribution in [-0.2, 0) is 11.8 Å². The average Bonchev–Trinajstić information content (AvgIpc) is 3.02. The molecule has 0 radical (unpaired) electrons. The summed E-state index contributed by atoms with van der Waals surface area (Å²) in [6.45, 7) is 0. The van der Waals surface area contributed by atoms with Gasteiger partial charge in [0.25, 0.3) is 5.69 Å². The van der Waals surface area contributed by atoms with Gasteiger partial charge < -0.3 is 9.47 Å². The van der Waals surface area contributed by atoms with Crippen LogP contribution in [0.15, 0.2) is 36.8 Å². The van der Waals surface area contributed by atoms with Crippen molar-refractivity contribution in [3.05, 3.63) is 48.0 Å². The molecular formula is C20H25N2O3+. The zero-order valence-corrected chi connectivity index (χ0v) is 14.9. The molecular weight excluding hydrogens is 316 g/mol. The van der Waals surface area contributed by atoms with Gasteiger partial charge in [-0.3, -0.25) is 0 Å². The van der Waals surface area contributed by atoms with Crippen LogP contribution in [0.2, 0.25) is 0 Å². The van der Waals surface area contributed by atoms with Gasteiger partial charge in [-0.25, -0.2) is 13.9 Å². The molecule has 0 saturated heterocycles. The number of methoxy groups -OCH3 is 1. The molecule has 5 heteroatoms. The maximum Gasteiger partial charge on any atom is 0.382 e. The van der Waals surface area contributed by atoms with E-state index in [0.717, 1.165) is 30.6 Å². The van der Waals surface area contributed by atoms with E-state index in [2.05, 4.69) is 16.7 Å². The summed E-state index contributed by atoms with van der Waals surface area (Å²) >= 11 is 0. The highest BCUT2D eigenvalue weighted by Gasteiger charge is 2.45. The molecule has 1 fully saturated rings. The number of hydrogen-bond donors (Lipinski definition) is 0. The Hall–Kier alpha value is -2.30. The largest absolute Gasteiger partial charge is 0.487 e. The fourth-order valence-corrected chi connectivity index (χ4v) is 4.40. The minimum absolute atomic E-state index is 0.0818. The van der Waals surface area contributed by atoms with E-state index in [9.17, 15) is 4.79 Å². The molecule has 1 aromatic heterocycles. The highest BCUT2D eigenvalue weighted by atomic mass is 16.5. The van der Waals surface area contributed by atoms with Crippen molar-refractivity contribution in [1.29, 1.82) is 0 Å². The summed E-state index contributed by atoms with van der Waals surface area (Å²) in [6, 6.07) is 8.30. The Kier molecular flexibility index (Phi) is 4.02. The summed E-state index contributed by atoms with van der Waals surface area (Å²) in [7, 11) is 3.37. The molecule has 0 bridgehead atoms. The lowest BCUT2D eigenvalue weighted by Gasteiger charge is -2.43. The van der Waals surface area contributed by atoms with E-state index in [-0.39, 0.29) is 17.6 Å². The average molecular weight is 341 g/mol. The van der Waals surface area contributed by atoms with Gasteiger partial charge in [-0.2, -0.15) is 0 Å². The lowest BCUT2D eigenvalue weighted by atomic mass is 9.77. The molecule has 132 valence electrons. The fraction of sp³-hybridized carbons (Fsp3) is 0.500. The van der Waals surface area contributed by atoms with Crippen molar-refractivity contribution < 1.29 is 18.8 Å². The summed E-state index contributed by atoms with van der Waals surface area (Å²) in [4.78, 5) is 12.3. The molecule has 1 saturated carbocycles. The number of hydrogen-bond acceptors (Lipinski definition) is 3. The van der Waals surface area contributed by atoms with E-state index in [1.165, 1.54) is 26.4 Å². The van der Waals surface area contributed by atoms with E-state index >= 15 is 0 Å². The summed E-state index contributed by atoms with van der Waals surface area (Å²) in [5.41, 5.74) is 1.60. The number of carbonyl (C=O) groups excluding carboxylic acids is 1. The van der Waals surface area contributed by atoms with E-state index < -0.39 is 0 Å². The van der Waals surface area contributed by atoms with Crippen LogP contribution in [0.5, 0.6) is 5.75 Å². The molecule has 2 aliphatic rings. The molecule has 1 atom stereocenters. The van der Waals surface area contributed by atoms with Gasteiger partial charge in [-0.05, 0) is 31.7 Å². The van der Waals surface area contributed by atoms with Crippen LogP contribution in [0, 0.1) is 0 Å². The van der Waals surface area contributed by atoms with Gasteiger partial charge in [0.05, 0.1) is 14.2 Å². The molecule has 1 aliphatic carbocycles. The number of imidazole rings is 1. The van der Waals surface area contributed by atoms with Crippen molar-refractivity contribution in [3.63, 3.8) is 0 Å². The second-order valence-corrected chi connectivity index (χ2v) is 7.30. The maximum atomic E-state index is 12.3. The Bertz CT molecular complexity index is 790. The highest BCUT2D eigenvalue weighted by molar-refractivity contribution is 5.87. The molecule has 1 unspecified atom stereocenters. The number of fused-ring (bicyclic) bond motifs is 1. The minimum Gasteiger partial charge on any atom is -0.487 e. The quantitative estimate of drug-likeness (QED) is 0.622. The van der Waals surface area contributed by atoms with Crippen LogP contribution in [0.25, 0.3) is 0 Å². The standard InChI is InChI=1S/C20H25N2O3/c1-21-13-17(19(23)24-2)22(14-21)16-12-20(10-6-3-7-11-20)25-18-9-5-4-8-15(16)18/h4-5,8-9,13-14,16H,3,6-7,10-12H2,1-2H3/q+1. The monoisotopic (exact) mass is 341 g/mol. The number of rotatable bonds is 2. The lowest BCUT2D eigenvalue weighted by molar-refractivity contribution is -0.671. The summed E-state index contributed by atoms with van der Waals surface area (Å²) < 4.78 is 15.5. The lowest BCUT2D eigenvalue weighted by Crippen LogP contribution is -2.44. The highest BCUT2D eigenvalue weighted by Crippen LogP contribution is 2.47. The maximum absolute atomic E-state index is 12.3. The predicted molar refractivity (Wildman–Crippen MR) is 92.6 cm³/mol. The van der Waals surface area contributed by atoms with Crippen molar-refractivity contribution in [2.75, 3.05) is 7.11 Å². The SMILES string of the molecule is COC(=O)c1c[n+](C)cn1C1CC2(CCCCC2)Oc2ccccc21. The molecule has 25 heavy (non-hydrogen) atoms. The van der Waals surface area contributed by atoms with Crippen molar-refractivity contribution in [2.45, 2.75) is 50.2 Å². The number of para-hydroxylation sites is 1. The Balaban J connectivity index is 1.82. The summed E-state index contributed by atoms with van der Waals surface area (Å²) in [5, 5.41) is 0. The number of aryl methyl sites for hydroxylation is 1. The molecule has 0 amide bonds. The van der Waals surface area contributed by atoms with Gasteiger partial charge in [0.2, 0.25) is 6.33 Å². The summed E-state index contributed by atoms with van der Waals surface area (Å²) in [5.74, 6) is 0.648. The van der Waals surface area contributed by atoms with Crippen LogP contribution in [0.3, 0.4) is 0 Å². The van der Waals surface area contributed by atoms with Gasteiger partial charge in [0, 0.05) is 12.0 Å². The Morgan fingerprint density at radius 1 is 1.28 bits per heavy atom. The predicted octanol–water partition coefficient (Wildman–Crippen LogP) is 3.17. The van der Waals surface area contributed by atoms with Crippen LogP contribution in [0.4, 0.5) is 0 Å². The van der Waals surface area contributed by atoms with E-state index in [1.54, 1.807) is 0 Å². The molecule has 2 heterocycles. The van der Waals surface area contributed by atoms with E-state index in [0.29, 0.717) is 5.69 Å². The van der Waals surface area contributed by atoms with E-state index in [4.69, 9.17) is 9.47 Å². The van der Waals surface area contributed by atoms with Crippen molar-refractivity contribution >= 4 is 5.97 Å². The zero-order valence-electron chi connectivity index (χ0n) is 14.9. The molecule has 4 rings (SSSR count). The number of benzene rings is 1. The van der Waals surface area contributed by atoms with Gasteiger partial charge in [-0.1, -0.05) is 24.6 Å². The Morgan fingerprint density at radius 2 is 2.04 bits per heavy atom. The zero-order chi connectivity index (χ0) is 17.4. The van der Waals surface area contributed by atoms with Gasteiger partial charge in [-0.15, -0.1) is 0 Å². The third kappa shape index (κ3) is 2.81. The van der Waals surface area contributed by atoms with Gasteiger partial charge in [0.15, 0.2) is 0 Å². The summed E-state index contributed by atoms with van der Waals surface area (Å²) in [6.07, 6.45) is 10.6. The van der Waals surface area contributed by atoms with Crippen molar-refractivity contribution in [3.8, 4) is 5.75 Å². The van der Waals surface area contributed by atoms with Crippen LogP contribution in [0.1, 0.15) is 60.6 Å². The van der Waals surface area contributed by atoms with Gasteiger partial charge >= 0.3 is 5.97 Å². The number of nitrogens with zero attached hydrogens (tertiary/aromatic N) is 2. The second kappa shape index (κ2) is 6.21. The van der Waals surface area contributed by atoms with Crippen molar-refractivity contribution in [2.24, 2.45) is 7.05 Å². The van der Waals surface area contributed by atoms with E-state index in [1.807, 2.05) is 36.3 Å². The molecule has 2 aromatic rings. The Morgan fingerprint density at radius 3 is 2.80 bits per heavy atom. The first kappa shape index (κ1) is 16.2. The molecule has 1 aromatic carbocycles. The van der Waals surface area contributed by atoms with Crippen LogP contribution < -0.4 is 9.30 Å². The first-order valence-corrected chi connectivity index (χ1v) is 9.05. The second-order valence-electron chi connectivity index (χ2n) is 7.30. The molecule has 5 nitrogen and oxygen atoms in total. The normalized spacial score (nSPS) is 21.4. The molecule has 0 N–H and O–H groups in total. The topological polar surface area (TPSA) is 44.3 Å². The minimum atomic E-state index is -0.303. The smallest absolute Gasteiger partial charge is 0.382 e. The Labute approximate surface area is 148 Å². The van der Waals surface area contributed by atoms with Gasteiger partial charge in [0.1, 0.15) is 23.6 Å². The number of carbonyl (C=O) groups is 1. The van der Waals surface area contributed by atoms with Crippen molar-refractivity contribution in [1.82, 2.24) is 4.57 Å². The molecule has 1 spiro atoms. The third-order valence-corrected chi connectivity index (χ3v) is 5.58. The number of aromatic nitrogens is 2. The fourth-order valence-electron chi connectivity index (χ4n) is 4.40. The number of esters is 1.